The van der Waals surface area contributed by atoms with E-state index in [2.05, 4.69) is 17.3 Å². The molecule has 1 N–H and O–H groups in total. The summed E-state index contributed by atoms with van der Waals surface area (Å²) in [6, 6.07) is 12.7. The van der Waals surface area contributed by atoms with Crippen molar-refractivity contribution in [3.8, 4) is 17.1 Å². The molecule has 0 aliphatic heterocycles. The standard InChI is InChI=1S/C18H19N3O3/c1-3-11-21-17(9-10-19-21)20-18(22)16-8-7-15(24-16)13-5-4-6-14(12-13)23-2/h4-10,12H,3,11H2,1-2H3,(H,20,22). The van der Waals surface area contributed by atoms with E-state index in [0.29, 0.717) is 11.6 Å². The van der Waals surface area contributed by atoms with Gasteiger partial charge in [-0.25, -0.2) is 4.68 Å². The van der Waals surface area contributed by atoms with Crippen molar-refractivity contribution in [2.24, 2.45) is 0 Å². The third-order valence-corrected chi connectivity index (χ3v) is 3.58. The van der Waals surface area contributed by atoms with Gasteiger partial charge in [-0.3, -0.25) is 4.79 Å². The summed E-state index contributed by atoms with van der Waals surface area (Å²) in [7, 11) is 1.61. The second-order valence-electron chi connectivity index (χ2n) is 5.29. The van der Waals surface area contributed by atoms with Gasteiger partial charge in [-0.2, -0.15) is 5.10 Å². The summed E-state index contributed by atoms with van der Waals surface area (Å²) in [6.07, 6.45) is 2.60. The van der Waals surface area contributed by atoms with E-state index in [1.807, 2.05) is 24.3 Å². The first kappa shape index (κ1) is 15.9. The number of amides is 1. The van der Waals surface area contributed by atoms with Gasteiger partial charge in [0.1, 0.15) is 17.3 Å². The van der Waals surface area contributed by atoms with Crippen LogP contribution in [0.2, 0.25) is 0 Å². The van der Waals surface area contributed by atoms with E-state index < -0.39 is 0 Å². The summed E-state index contributed by atoms with van der Waals surface area (Å²) in [5.74, 6) is 1.94. The van der Waals surface area contributed by atoms with Gasteiger partial charge in [-0.05, 0) is 30.7 Å². The van der Waals surface area contributed by atoms with Crippen molar-refractivity contribution in [1.29, 1.82) is 0 Å². The van der Waals surface area contributed by atoms with Gasteiger partial charge in [0, 0.05) is 18.2 Å². The Bertz CT molecular complexity index is 835. The second kappa shape index (κ2) is 7.04. The number of hydrogen-bond acceptors (Lipinski definition) is 4. The van der Waals surface area contributed by atoms with Crippen molar-refractivity contribution in [3.63, 3.8) is 0 Å². The zero-order valence-electron chi connectivity index (χ0n) is 13.7. The molecule has 1 amide bonds. The fraction of sp³-hybridized carbons (Fsp3) is 0.222. The lowest BCUT2D eigenvalue weighted by atomic mass is 10.2. The van der Waals surface area contributed by atoms with E-state index in [-0.39, 0.29) is 11.7 Å². The highest BCUT2D eigenvalue weighted by molar-refractivity contribution is 6.02. The Hall–Kier alpha value is -3.02. The van der Waals surface area contributed by atoms with Crippen LogP contribution in [0.5, 0.6) is 5.75 Å². The summed E-state index contributed by atoms with van der Waals surface area (Å²) in [5.41, 5.74) is 0.851. The summed E-state index contributed by atoms with van der Waals surface area (Å²) < 4.78 is 12.6. The van der Waals surface area contributed by atoms with Crippen molar-refractivity contribution in [1.82, 2.24) is 9.78 Å². The Balaban J connectivity index is 1.77. The fourth-order valence-corrected chi connectivity index (χ4v) is 2.40. The molecule has 2 aromatic heterocycles. The van der Waals surface area contributed by atoms with Crippen LogP contribution in [0.15, 0.2) is 53.1 Å². The zero-order chi connectivity index (χ0) is 16.9. The van der Waals surface area contributed by atoms with Crippen LogP contribution in [0.3, 0.4) is 0 Å². The Labute approximate surface area is 140 Å². The number of rotatable bonds is 6. The molecular weight excluding hydrogens is 306 g/mol. The first-order valence-corrected chi connectivity index (χ1v) is 7.78. The Morgan fingerprint density at radius 2 is 2.17 bits per heavy atom. The lowest BCUT2D eigenvalue weighted by Crippen LogP contribution is -2.15. The fourth-order valence-electron chi connectivity index (χ4n) is 2.40. The highest BCUT2D eigenvalue weighted by Gasteiger charge is 2.14. The number of carbonyl (C=O) groups is 1. The number of carbonyl (C=O) groups excluding carboxylic acids is 1. The van der Waals surface area contributed by atoms with E-state index in [1.54, 1.807) is 36.2 Å². The van der Waals surface area contributed by atoms with Crippen molar-refractivity contribution in [2.75, 3.05) is 12.4 Å². The van der Waals surface area contributed by atoms with Gasteiger partial charge in [0.25, 0.3) is 5.91 Å². The smallest absolute Gasteiger partial charge is 0.292 e. The van der Waals surface area contributed by atoms with Crippen molar-refractivity contribution >= 4 is 11.7 Å². The summed E-state index contributed by atoms with van der Waals surface area (Å²) >= 11 is 0. The molecule has 24 heavy (non-hydrogen) atoms. The van der Waals surface area contributed by atoms with E-state index in [0.717, 1.165) is 24.3 Å². The van der Waals surface area contributed by atoms with Gasteiger partial charge >= 0.3 is 0 Å². The minimum atomic E-state index is -0.304. The first-order chi connectivity index (χ1) is 11.7. The molecule has 0 bridgehead atoms. The van der Waals surface area contributed by atoms with E-state index in [1.165, 1.54) is 0 Å². The highest BCUT2D eigenvalue weighted by Crippen LogP contribution is 2.26. The molecule has 6 nitrogen and oxygen atoms in total. The predicted molar refractivity (Wildman–Crippen MR) is 91.2 cm³/mol. The van der Waals surface area contributed by atoms with E-state index in [9.17, 15) is 4.79 Å². The average Bonchev–Trinajstić information content (AvgIpc) is 3.25. The average molecular weight is 325 g/mol. The minimum absolute atomic E-state index is 0.247. The molecule has 0 saturated heterocycles. The number of ether oxygens (including phenoxy) is 1. The number of nitrogens with zero attached hydrogens (tertiary/aromatic N) is 2. The molecule has 0 radical (unpaired) electrons. The maximum atomic E-state index is 12.4. The molecule has 124 valence electrons. The summed E-state index contributed by atoms with van der Waals surface area (Å²) in [5, 5.41) is 7.00. The van der Waals surface area contributed by atoms with Gasteiger partial charge < -0.3 is 14.5 Å². The second-order valence-corrected chi connectivity index (χ2v) is 5.29. The van der Waals surface area contributed by atoms with Crippen LogP contribution in [0.1, 0.15) is 23.9 Å². The van der Waals surface area contributed by atoms with Gasteiger partial charge in [0.05, 0.1) is 13.3 Å². The van der Waals surface area contributed by atoms with Crippen molar-refractivity contribution in [3.05, 3.63) is 54.4 Å². The van der Waals surface area contributed by atoms with Crippen LogP contribution in [-0.2, 0) is 6.54 Å². The van der Waals surface area contributed by atoms with E-state index in [4.69, 9.17) is 9.15 Å². The number of aryl methyl sites for hydroxylation is 1. The van der Waals surface area contributed by atoms with Crippen molar-refractivity contribution in [2.45, 2.75) is 19.9 Å². The molecule has 0 aliphatic carbocycles. The Kier molecular flexibility index (Phi) is 4.65. The number of furan rings is 1. The normalized spacial score (nSPS) is 10.6. The third kappa shape index (κ3) is 3.32. The molecule has 3 rings (SSSR count). The topological polar surface area (TPSA) is 69.3 Å². The minimum Gasteiger partial charge on any atom is -0.497 e. The number of benzene rings is 1. The number of aromatic nitrogens is 2. The lowest BCUT2D eigenvalue weighted by Gasteiger charge is -2.06. The first-order valence-electron chi connectivity index (χ1n) is 7.78. The lowest BCUT2D eigenvalue weighted by molar-refractivity contribution is 0.0996. The molecule has 1 aromatic carbocycles. The largest absolute Gasteiger partial charge is 0.497 e. The maximum Gasteiger partial charge on any atom is 0.292 e. The van der Waals surface area contributed by atoms with Crippen LogP contribution in [0.25, 0.3) is 11.3 Å². The summed E-state index contributed by atoms with van der Waals surface area (Å²) in [6.45, 7) is 2.80. The maximum absolute atomic E-state index is 12.4. The highest BCUT2D eigenvalue weighted by atomic mass is 16.5. The van der Waals surface area contributed by atoms with Gasteiger partial charge in [-0.15, -0.1) is 0 Å². The van der Waals surface area contributed by atoms with Crippen LogP contribution < -0.4 is 10.1 Å². The van der Waals surface area contributed by atoms with Gasteiger partial charge in [-0.1, -0.05) is 19.1 Å². The molecule has 3 aromatic rings. The molecule has 2 heterocycles. The molecule has 0 unspecified atom stereocenters. The SMILES string of the molecule is CCCn1nccc1NC(=O)c1ccc(-c2cccc(OC)c2)o1. The van der Waals surface area contributed by atoms with Crippen LogP contribution in [-0.4, -0.2) is 22.8 Å². The Morgan fingerprint density at radius 3 is 2.96 bits per heavy atom. The molecular formula is C18H19N3O3. The number of nitrogens with one attached hydrogen (secondary N) is 1. The number of anilines is 1. The quantitative estimate of drug-likeness (QED) is 0.748. The molecule has 0 saturated carbocycles. The third-order valence-electron chi connectivity index (χ3n) is 3.58. The van der Waals surface area contributed by atoms with Crippen LogP contribution in [0.4, 0.5) is 5.82 Å². The van der Waals surface area contributed by atoms with Crippen molar-refractivity contribution < 1.29 is 13.9 Å². The number of hydrogen-bond donors (Lipinski definition) is 1. The van der Waals surface area contributed by atoms with Gasteiger partial charge in [0.2, 0.25) is 0 Å². The zero-order valence-corrected chi connectivity index (χ0v) is 13.7. The number of methoxy groups -OCH3 is 1. The van der Waals surface area contributed by atoms with Crippen LogP contribution >= 0.6 is 0 Å². The molecule has 0 fully saturated rings. The molecule has 0 aliphatic rings. The van der Waals surface area contributed by atoms with Crippen LogP contribution in [0, 0.1) is 0 Å². The Morgan fingerprint density at radius 1 is 1.29 bits per heavy atom. The summed E-state index contributed by atoms with van der Waals surface area (Å²) in [4.78, 5) is 12.4. The monoisotopic (exact) mass is 325 g/mol. The van der Waals surface area contributed by atoms with E-state index >= 15 is 0 Å². The van der Waals surface area contributed by atoms with Gasteiger partial charge in [0.15, 0.2) is 5.76 Å². The molecule has 6 heteroatoms. The molecule has 0 atom stereocenters. The predicted octanol–water partition coefficient (Wildman–Crippen LogP) is 3.81. The molecule has 0 spiro atoms.